The first kappa shape index (κ1) is 15.4. The molecule has 5 nitrogen and oxygen atoms in total. The molecule has 0 spiro atoms. The van der Waals surface area contributed by atoms with E-state index in [0.29, 0.717) is 19.5 Å². The molecule has 0 radical (unpaired) electrons. The van der Waals surface area contributed by atoms with Gasteiger partial charge in [-0.15, -0.1) is 0 Å². The Bertz CT molecular complexity index is 499. The first-order chi connectivity index (χ1) is 10.1. The van der Waals surface area contributed by atoms with E-state index in [1.807, 2.05) is 0 Å². The summed E-state index contributed by atoms with van der Waals surface area (Å²) in [4.78, 5) is 27.4. The van der Waals surface area contributed by atoms with Crippen LogP contribution in [0.1, 0.15) is 31.2 Å². The van der Waals surface area contributed by atoms with Gasteiger partial charge in [0.05, 0.1) is 6.54 Å². The van der Waals surface area contributed by atoms with Crippen LogP contribution in [0.15, 0.2) is 24.3 Å². The number of likely N-dealkylation sites (tertiary alicyclic amines) is 1. The third-order valence-electron chi connectivity index (χ3n) is 3.78. The van der Waals surface area contributed by atoms with E-state index in [-0.39, 0.29) is 24.1 Å². The molecule has 114 valence electrons. The lowest BCUT2D eigenvalue weighted by molar-refractivity contribution is -0.139. The Hall–Kier alpha value is -2.04. The topological polar surface area (TPSA) is 60.9 Å². The number of benzene rings is 1. The van der Waals surface area contributed by atoms with Crippen molar-refractivity contribution in [2.45, 2.75) is 32.2 Å². The van der Waals surface area contributed by atoms with Crippen molar-refractivity contribution in [3.05, 3.63) is 29.8 Å². The zero-order chi connectivity index (χ0) is 15.2. The maximum Gasteiger partial charge on any atom is 0.242 e. The molecule has 0 atom stereocenters. The van der Waals surface area contributed by atoms with Crippen LogP contribution in [-0.2, 0) is 16.1 Å². The van der Waals surface area contributed by atoms with Crippen molar-refractivity contribution in [1.29, 1.82) is 0 Å². The Labute approximate surface area is 125 Å². The molecule has 1 aromatic carbocycles. The van der Waals surface area contributed by atoms with Crippen molar-refractivity contribution < 1.29 is 14.7 Å². The fourth-order valence-electron chi connectivity index (χ4n) is 2.45. The van der Waals surface area contributed by atoms with Gasteiger partial charge in [0.25, 0.3) is 0 Å². The summed E-state index contributed by atoms with van der Waals surface area (Å²) in [5.74, 6) is 0.236. The van der Waals surface area contributed by atoms with Gasteiger partial charge in [-0.2, -0.15) is 0 Å². The average molecular weight is 290 g/mol. The van der Waals surface area contributed by atoms with E-state index in [1.54, 1.807) is 41.1 Å². The normalized spacial score (nSPS) is 15.7. The molecule has 2 rings (SSSR count). The third-order valence-corrected chi connectivity index (χ3v) is 3.78. The fourth-order valence-corrected chi connectivity index (χ4v) is 2.45. The van der Waals surface area contributed by atoms with Crippen LogP contribution in [0.2, 0.25) is 0 Å². The largest absolute Gasteiger partial charge is 0.508 e. The second kappa shape index (κ2) is 7.11. The number of rotatable bonds is 4. The Balaban J connectivity index is 1.89. The molecule has 1 N–H and O–H groups in total. The summed E-state index contributed by atoms with van der Waals surface area (Å²) in [6, 6.07) is 6.78. The standard InChI is InChI=1S/C16H22N2O3/c1-17(11-13-6-8-14(19)9-7-13)16(21)12-18-10-4-2-3-5-15(18)20/h6-9,19H,2-5,10-12H2,1H3. The molecule has 0 aliphatic carbocycles. The van der Waals surface area contributed by atoms with E-state index < -0.39 is 0 Å². The van der Waals surface area contributed by atoms with Crippen molar-refractivity contribution in [2.75, 3.05) is 20.1 Å². The molecule has 5 heteroatoms. The minimum Gasteiger partial charge on any atom is -0.508 e. The first-order valence-corrected chi connectivity index (χ1v) is 7.36. The number of hydrogen-bond donors (Lipinski definition) is 1. The highest BCUT2D eigenvalue weighted by molar-refractivity contribution is 5.84. The number of nitrogens with zero attached hydrogens (tertiary/aromatic N) is 2. The number of likely N-dealkylation sites (N-methyl/N-ethyl adjacent to an activating group) is 1. The number of aromatic hydroxyl groups is 1. The third kappa shape index (κ3) is 4.48. The predicted octanol–water partition coefficient (Wildman–Crippen LogP) is 1.75. The van der Waals surface area contributed by atoms with Crippen LogP contribution in [-0.4, -0.2) is 46.9 Å². The van der Waals surface area contributed by atoms with Gasteiger partial charge in [-0.25, -0.2) is 0 Å². The van der Waals surface area contributed by atoms with Gasteiger partial charge in [0.1, 0.15) is 5.75 Å². The van der Waals surface area contributed by atoms with Crippen molar-refractivity contribution in [3.63, 3.8) is 0 Å². The summed E-state index contributed by atoms with van der Waals surface area (Å²) in [6.07, 6.45) is 3.50. The average Bonchev–Trinajstić information content (AvgIpc) is 2.66. The van der Waals surface area contributed by atoms with Gasteiger partial charge >= 0.3 is 0 Å². The highest BCUT2D eigenvalue weighted by Gasteiger charge is 2.20. The monoisotopic (exact) mass is 290 g/mol. The maximum atomic E-state index is 12.2. The lowest BCUT2D eigenvalue weighted by Gasteiger charge is -2.24. The number of carbonyl (C=O) groups excluding carboxylic acids is 2. The Morgan fingerprint density at radius 3 is 2.67 bits per heavy atom. The summed E-state index contributed by atoms with van der Waals surface area (Å²) < 4.78 is 0. The summed E-state index contributed by atoms with van der Waals surface area (Å²) >= 11 is 0. The van der Waals surface area contributed by atoms with E-state index in [0.717, 1.165) is 24.8 Å². The van der Waals surface area contributed by atoms with E-state index in [2.05, 4.69) is 0 Å². The van der Waals surface area contributed by atoms with Crippen LogP contribution in [0.25, 0.3) is 0 Å². The minimum absolute atomic E-state index is 0.0571. The van der Waals surface area contributed by atoms with Crippen molar-refractivity contribution in [2.24, 2.45) is 0 Å². The molecule has 0 bridgehead atoms. The number of phenolic OH excluding ortho intramolecular Hbond substituents is 1. The molecule has 1 heterocycles. The van der Waals surface area contributed by atoms with Crippen molar-refractivity contribution in [3.8, 4) is 5.75 Å². The van der Waals surface area contributed by atoms with Gasteiger partial charge in [0, 0.05) is 26.6 Å². The number of phenols is 1. The summed E-state index contributed by atoms with van der Waals surface area (Å²) in [5.41, 5.74) is 0.950. The second-order valence-electron chi connectivity index (χ2n) is 5.54. The highest BCUT2D eigenvalue weighted by Crippen LogP contribution is 2.13. The van der Waals surface area contributed by atoms with Crippen molar-refractivity contribution >= 4 is 11.8 Å². The van der Waals surface area contributed by atoms with Gasteiger partial charge in [-0.3, -0.25) is 9.59 Å². The number of amides is 2. The zero-order valence-electron chi connectivity index (χ0n) is 12.4. The van der Waals surface area contributed by atoms with Crippen LogP contribution in [0.3, 0.4) is 0 Å². The molecule has 0 aromatic heterocycles. The van der Waals surface area contributed by atoms with Crippen LogP contribution >= 0.6 is 0 Å². The molecule has 0 saturated carbocycles. The molecular weight excluding hydrogens is 268 g/mol. The minimum atomic E-state index is -0.0571. The molecule has 1 saturated heterocycles. The van der Waals surface area contributed by atoms with Crippen LogP contribution in [0.5, 0.6) is 5.75 Å². The highest BCUT2D eigenvalue weighted by atomic mass is 16.3. The molecule has 2 amide bonds. The molecule has 0 unspecified atom stereocenters. The number of hydrogen-bond acceptors (Lipinski definition) is 3. The molecule has 21 heavy (non-hydrogen) atoms. The van der Waals surface area contributed by atoms with Gasteiger partial charge in [0.15, 0.2) is 0 Å². The van der Waals surface area contributed by atoms with Gasteiger partial charge in [-0.1, -0.05) is 18.6 Å². The van der Waals surface area contributed by atoms with E-state index in [1.165, 1.54) is 0 Å². The van der Waals surface area contributed by atoms with Crippen LogP contribution in [0, 0.1) is 0 Å². The van der Waals surface area contributed by atoms with Gasteiger partial charge in [0.2, 0.25) is 11.8 Å². The smallest absolute Gasteiger partial charge is 0.242 e. The summed E-state index contributed by atoms with van der Waals surface area (Å²) in [6.45, 7) is 1.31. The summed E-state index contributed by atoms with van der Waals surface area (Å²) in [7, 11) is 1.73. The van der Waals surface area contributed by atoms with Crippen molar-refractivity contribution in [1.82, 2.24) is 9.80 Å². The fraction of sp³-hybridized carbons (Fsp3) is 0.500. The van der Waals surface area contributed by atoms with Crippen LogP contribution < -0.4 is 0 Å². The van der Waals surface area contributed by atoms with Gasteiger partial charge in [-0.05, 0) is 30.5 Å². The molecule has 1 aliphatic rings. The molecule has 1 aromatic rings. The molecule has 1 fully saturated rings. The lowest BCUT2D eigenvalue weighted by atomic mass is 10.2. The second-order valence-corrected chi connectivity index (χ2v) is 5.54. The number of carbonyl (C=O) groups is 2. The Kier molecular flexibility index (Phi) is 5.20. The first-order valence-electron chi connectivity index (χ1n) is 7.36. The van der Waals surface area contributed by atoms with Gasteiger partial charge < -0.3 is 14.9 Å². The maximum absolute atomic E-state index is 12.2. The predicted molar refractivity (Wildman–Crippen MR) is 79.6 cm³/mol. The quantitative estimate of drug-likeness (QED) is 0.919. The van der Waals surface area contributed by atoms with E-state index >= 15 is 0 Å². The molecule has 1 aliphatic heterocycles. The zero-order valence-corrected chi connectivity index (χ0v) is 12.4. The Morgan fingerprint density at radius 1 is 1.24 bits per heavy atom. The van der Waals surface area contributed by atoms with E-state index in [4.69, 9.17) is 0 Å². The SMILES string of the molecule is CN(Cc1ccc(O)cc1)C(=O)CN1CCCCCC1=O. The Morgan fingerprint density at radius 2 is 1.95 bits per heavy atom. The lowest BCUT2D eigenvalue weighted by Crippen LogP contribution is -2.41. The van der Waals surface area contributed by atoms with Crippen LogP contribution in [0.4, 0.5) is 0 Å². The van der Waals surface area contributed by atoms with E-state index in [9.17, 15) is 14.7 Å². The summed E-state index contributed by atoms with van der Waals surface area (Å²) in [5, 5.41) is 9.25. The molecular formula is C16H22N2O3.